The number of hydrogen-bond donors (Lipinski definition) is 1. The Balaban J connectivity index is 2.08. The van der Waals surface area contributed by atoms with Crippen molar-refractivity contribution < 1.29 is 19.4 Å². The predicted octanol–water partition coefficient (Wildman–Crippen LogP) is 0.712. The van der Waals surface area contributed by atoms with E-state index in [2.05, 4.69) is 0 Å². The fourth-order valence-electron chi connectivity index (χ4n) is 2.46. The summed E-state index contributed by atoms with van der Waals surface area (Å²) in [4.78, 5) is 25.8. The van der Waals surface area contributed by atoms with Crippen molar-refractivity contribution in [1.82, 2.24) is 4.90 Å². The molecule has 1 N–H and O–H groups in total. The van der Waals surface area contributed by atoms with Gasteiger partial charge in [0.2, 0.25) is 11.8 Å². The third kappa shape index (κ3) is 2.73. The highest BCUT2D eigenvalue weighted by Gasteiger charge is 2.48. The topological polar surface area (TPSA) is 66.8 Å². The normalized spacial score (nSPS) is 22.6. The van der Waals surface area contributed by atoms with Crippen molar-refractivity contribution in [3.8, 4) is 0 Å². The first-order chi connectivity index (χ1) is 9.59. The van der Waals surface area contributed by atoms with Gasteiger partial charge in [0.1, 0.15) is 0 Å². The Morgan fingerprint density at radius 1 is 1.25 bits per heavy atom. The lowest BCUT2D eigenvalue weighted by Crippen LogP contribution is -2.38. The van der Waals surface area contributed by atoms with Crippen LogP contribution in [0.25, 0.3) is 0 Å². The van der Waals surface area contributed by atoms with Crippen molar-refractivity contribution in [2.75, 3.05) is 26.4 Å². The van der Waals surface area contributed by atoms with E-state index in [9.17, 15) is 9.59 Å². The first-order valence-electron chi connectivity index (χ1n) is 6.68. The van der Waals surface area contributed by atoms with Gasteiger partial charge in [-0.2, -0.15) is 0 Å². The molecule has 1 aromatic carbocycles. The van der Waals surface area contributed by atoms with Gasteiger partial charge in [0.25, 0.3) is 0 Å². The van der Waals surface area contributed by atoms with E-state index in [1.165, 1.54) is 4.90 Å². The molecule has 0 saturated carbocycles. The molecule has 0 radical (unpaired) electrons. The average molecular weight is 277 g/mol. The van der Waals surface area contributed by atoms with Crippen LogP contribution in [0.5, 0.6) is 0 Å². The van der Waals surface area contributed by atoms with Gasteiger partial charge < -0.3 is 9.84 Å². The molecule has 0 aliphatic carbocycles. The number of hydrogen-bond acceptors (Lipinski definition) is 4. The number of aliphatic hydroxyl groups is 1. The van der Waals surface area contributed by atoms with Gasteiger partial charge in [0.15, 0.2) is 0 Å². The van der Waals surface area contributed by atoms with Crippen molar-refractivity contribution in [3.05, 3.63) is 35.9 Å². The molecular weight excluding hydrogens is 258 g/mol. The second-order valence-corrected chi connectivity index (χ2v) is 5.06. The highest BCUT2D eigenvalue weighted by molar-refractivity contribution is 6.08. The van der Waals surface area contributed by atoms with Crippen LogP contribution >= 0.6 is 0 Å². The summed E-state index contributed by atoms with van der Waals surface area (Å²) in [5, 5.41) is 8.62. The molecule has 1 aliphatic rings. The summed E-state index contributed by atoms with van der Waals surface area (Å²) in [6.45, 7) is 2.44. The van der Waals surface area contributed by atoms with E-state index in [1.54, 1.807) is 6.92 Å². The number of benzene rings is 1. The zero-order valence-electron chi connectivity index (χ0n) is 11.5. The van der Waals surface area contributed by atoms with E-state index in [0.29, 0.717) is 0 Å². The smallest absolute Gasteiger partial charge is 0.240 e. The number of carbonyl (C=O) groups excluding carboxylic acids is 2. The largest absolute Gasteiger partial charge is 0.394 e. The maximum Gasteiger partial charge on any atom is 0.240 e. The minimum absolute atomic E-state index is 0.0658. The Morgan fingerprint density at radius 2 is 1.95 bits per heavy atom. The number of nitrogens with zero attached hydrogens (tertiary/aromatic N) is 1. The summed E-state index contributed by atoms with van der Waals surface area (Å²) in [6, 6.07) is 9.36. The lowest BCUT2D eigenvalue weighted by molar-refractivity contribution is -0.140. The minimum atomic E-state index is -0.782. The summed E-state index contributed by atoms with van der Waals surface area (Å²) >= 11 is 0. The molecule has 20 heavy (non-hydrogen) atoms. The number of likely N-dealkylation sites (tertiary alicyclic amines) is 1. The molecule has 0 aromatic heterocycles. The third-order valence-corrected chi connectivity index (χ3v) is 3.63. The van der Waals surface area contributed by atoms with Crippen LogP contribution in [0.3, 0.4) is 0 Å². The number of amides is 2. The number of imide groups is 1. The standard InChI is InChI=1S/C15H19NO4/c1-15(12-5-3-2-4-6-12)11-13(18)16(14(15)19)7-9-20-10-8-17/h2-6,17H,7-11H2,1H3. The molecule has 5 nitrogen and oxygen atoms in total. The molecular formula is C15H19NO4. The molecule has 5 heteroatoms. The Kier molecular flexibility index (Phi) is 4.52. The van der Waals surface area contributed by atoms with Gasteiger partial charge in [-0.1, -0.05) is 30.3 Å². The Morgan fingerprint density at radius 3 is 2.60 bits per heavy atom. The minimum Gasteiger partial charge on any atom is -0.394 e. The Hall–Kier alpha value is -1.72. The van der Waals surface area contributed by atoms with E-state index in [4.69, 9.17) is 9.84 Å². The molecule has 1 unspecified atom stereocenters. The van der Waals surface area contributed by atoms with Crippen LogP contribution in [0.2, 0.25) is 0 Å². The molecule has 1 aliphatic heterocycles. The van der Waals surface area contributed by atoms with Crippen LogP contribution in [0.4, 0.5) is 0 Å². The van der Waals surface area contributed by atoms with Gasteiger partial charge in [-0.25, -0.2) is 0 Å². The SMILES string of the molecule is CC1(c2ccccc2)CC(=O)N(CCOCCO)C1=O. The number of ether oxygens (including phenoxy) is 1. The van der Waals surface area contributed by atoms with Crippen molar-refractivity contribution in [2.24, 2.45) is 0 Å². The van der Waals surface area contributed by atoms with Crippen molar-refractivity contribution in [3.63, 3.8) is 0 Å². The van der Waals surface area contributed by atoms with Gasteiger partial charge >= 0.3 is 0 Å². The van der Waals surface area contributed by atoms with Crippen molar-refractivity contribution in [2.45, 2.75) is 18.8 Å². The maximum absolute atomic E-state index is 12.5. The van der Waals surface area contributed by atoms with Gasteiger partial charge in [0.05, 0.1) is 31.8 Å². The zero-order valence-corrected chi connectivity index (χ0v) is 11.5. The van der Waals surface area contributed by atoms with Gasteiger partial charge in [-0.15, -0.1) is 0 Å². The molecule has 108 valence electrons. The summed E-state index contributed by atoms with van der Waals surface area (Å²) < 4.78 is 5.12. The average Bonchev–Trinajstić information content (AvgIpc) is 2.68. The molecule has 1 heterocycles. The molecule has 2 amide bonds. The number of rotatable bonds is 6. The van der Waals surface area contributed by atoms with E-state index in [-0.39, 0.29) is 44.6 Å². The van der Waals surface area contributed by atoms with E-state index in [1.807, 2.05) is 30.3 Å². The highest BCUT2D eigenvalue weighted by atomic mass is 16.5. The second kappa shape index (κ2) is 6.15. The first kappa shape index (κ1) is 14.7. The molecule has 1 atom stereocenters. The van der Waals surface area contributed by atoms with Gasteiger partial charge in [0, 0.05) is 6.42 Å². The fourth-order valence-corrected chi connectivity index (χ4v) is 2.46. The quantitative estimate of drug-likeness (QED) is 0.614. The third-order valence-electron chi connectivity index (χ3n) is 3.63. The number of aliphatic hydroxyl groups excluding tert-OH is 1. The molecule has 0 bridgehead atoms. The van der Waals surface area contributed by atoms with Crippen LogP contribution in [-0.2, 0) is 19.7 Å². The molecule has 1 aromatic rings. The van der Waals surface area contributed by atoms with E-state index >= 15 is 0 Å². The molecule has 1 saturated heterocycles. The van der Waals surface area contributed by atoms with E-state index < -0.39 is 5.41 Å². The van der Waals surface area contributed by atoms with Gasteiger partial charge in [-0.3, -0.25) is 14.5 Å². The van der Waals surface area contributed by atoms with Crippen LogP contribution in [0.15, 0.2) is 30.3 Å². The summed E-state index contributed by atoms with van der Waals surface area (Å²) in [7, 11) is 0. The summed E-state index contributed by atoms with van der Waals surface area (Å²) in [5.41, 5.74) is 0.0760. The first-order valence-corrected chi connectivity index (χ1v) is 6.68. The van der Waals surface area contributed by atoms with Crippen molar-refractivity contribution in [1.29, 1.82) is 0 Å². The van der Waals surface area contributed by atoms with Gasteiger partial charge in [-0.05, 0) is 12.5 Å². The fraction of sp³-hybridized carbons (Fsp3) is 0.467. The lowest BCUT2D eigenvalue weighted by Gasteiger charge is -2.22. The van der Waals surface area contributed by atoms with Crippen molar-refractivity contribution >= 4 is 11.8 Å². The lowest BCUT2D eigenvalue weighted by atomic mass is 9.81. The highest BCUT2D eigenvalue weighted by Crippen LogP contribution is 2.35. The summed E-state index contributed by atoms with van der Waals surface area (Å²) in [5.74, 6) is -0.352. The van der Waals surface area contributed by atoms with Crippen LogP contribution in [-0.4, -0.2) is 48.2 Å². The second-order valence-electron chi connectivity index (χ2n) is 5.06. The van der Waals surface area contributed by atoms with Crippen LogP contribution in [0, 0.1) is 0 Å². The molecule has 0 spiro atoms. The monoisotopic (exact) mass is 277 g/mol. The Bertz CT molecular complexity index is 488. The van der Waals surface area contributed by atoms with Crippen LogP contribution in [0.1, 0.15) is 18.9 Å². The maximum atomic E-state index is 12.5. The summed E-state index contributed by atoms with van der Waals surface area (Å²) in [6.07, 6.45) is 0.190. The van der Waals surface area contributed by atoms with E-state index in [0.717, 1.165) is 5.56 Å². The molecule has 1 fully saturated rings. The zero-order chi connectivity index (χ0) is 14.6. The number of carbonyl (C=O) groups is 2. The predicted molar refractivity (Wildman–Crippen MR) is 73.0 cm³/mol. The Labute approximate surface area is 118 Å². The molecule has 2 rings (SSSR count). The van der Waals surface area contributed by atoms with Crippen LogP contribution < -0.4 is 0 Å².